The third-order valence-electron chi connectivity index (χ3n) is 3.75. The Labute approximate surface area is 118 Å². The molecule has 0 aliphatic carbocycles. The molecule has 1 aromatic carbocycles. The van der Waals surface area contributed by atoms with E-state index in [1.807, 2.05) is 30.3 Å². The second-order valence-corrected chi connectivity index (χ2v) is 5.19. The van der Waals surface area contributed by atoms with Crippen LogP contribution in [0.3, 0.4) is 0 Å². The summed E-state index contributed by atoms with van der Waals surface area (Å²) in [6, 6.07) is 8.93. The van der Waals surface area contributed by atoms with E-state index in [4.69, 9.17) is 4.74 Å². The maximum absolute atomic E-state index is 12.2. The van der Waals surface area contributed by atoms with E-state index in [2.05, 4.69) is 0 Å². The Hall–Kier alpha value is -1.88. The van der Waals surface area contributed by atoms with E-state index in [1.54, 1.807) is 13.8 Å². The molecular formula is C15H19NO4. The summed E-state index contributed by atoms with van der Waals surface area (Å²) in [6.45, 7) is 4.90. The first-order valence-electron chi connectivity index (χ1n) is 6.70. The molecule has 4 atom stereocenters. The number of aliphatic hydroxyl groups excluding tert-OH is 1. The van der Waals surface area contributed by atoms with Gasteiger partial charge in [-0.2, -0.15) is 0 Å². The number of imide groups is 1. The fraction of sp³-hybridized carbons (Fsp3) is 0.467. The maximum Gasteiger partial charge on any atom is 0.417 e. The molecule has 1 aliphatic heterocycles. The average molecular weight is 277 g/mol. The number of hydrogen-bond donors (Lipinski definition) is 1. The van der Waals surface area contributed by atoms with Crippen LogP contribution in [-0.4, -0.2) is 34.2 Å². The molecule has 1 saturated heterocycles. The summed E-state index contributed by atoms with van der Waals surface area (Å²) >= 11 is 0. The lowest BCUT2D eigenvalue weighted by Gasteiger charge is -2.23. The number of nitrogens with zero attached hydrogens (tertiary/aromatic N) is 1. The summed E-state index contributed by atoms with van der Waals surface area (Å²) in [7, 11) is 0. The SMILES string of the molecule is C[C@H](O)[C@H](C)C(=O)N1C(=O)O[C@@H](c2ccccc2)[C@H]1C. The van der Waals surface area contributed by atoms with Gasteiger partial charge in [-0.15, -0.1) is 0 Å². The highest BCUT2D eigenvalue weighted by molar-refractivity contribution is 5.95. The van der Waals surface area contributed by atoms with Gasteiger partial charge in [-0.1, -0.05) is 37.3 Å². The smallest absolute Gasteiger partial charge is 0.417 e. The van der Waals surface area contributed by atoms with E-state index in [0.717, 1.165) is 10.5 Å². The first-order valence-corrected chi connectivity index (χ1v) is 6.70. The Kier molecular flexibility index (Phi) is 4.09. The van der Waals surface area contributed by atoms with Crippen molar-refractivity contribution in [2.45, 2.75) is 39.0 Å². The van der Waals surface area contributed by atoms with Crippen LogP contribution in [0, 0.1) is 5.92 Å². The number of benzene rings is 1. The number of rotatable bonds is 3. The molecule has 1 N–H and O–H groups in total. The summed E-state index contributed by atoms with van der Waals surface area (Å²) in [5, 5.41) is 9.51. The summed E-state index contributed by atoms with van der Waals surface area (Å²) in [5.41, 5.74) is 0.855. The van der Waals surface area contributed by atoms with E-state index in [-0.39, 0.29) is 0 Å². The second-order valence-electron chi connectivity index (χ2n) is 5.19. The van der Waals surface area contributed by atoms with Crippen LogP contribution >= 0.6 is 0 Å². The molecule has 5 nitrogen and oxygen atoms in total. The monoisotopic (exact) mass is 277 g/mol. The molecule has 1 aromatic rings. The van der Waals surface area contributed by atoms with Gasteiger partial charge in [0.15, 0.2) is 0 Å². The third kappa shape index (κ3) is 2.54. The van der Waals surface area contributed by atoms with E-state index >= 15 is 0 Å². The molecular weight excluding hydrogens is 258 g/mol. The standard InChI is InChI=1S/C15H19NO4/c1-9(11(3)17)14(18)16-10(2)13(20-15(16)19)12-7-5-4-6-8-12/h4-11,13,17H,1-3H3/t9-,10+,11-,13+/m0/s1. The molecule has 0 bridgehead atoms. The van der Waals surface area contributed by atoms with Gasteiger partial charge in [0.05, 0.1) is 18.1 Å². The van der Waals surface area contributed by atoms with Crippen molar-refractivity contribution in [3.8, 4) is 0 Å². The Morgan fingerprint density at radius 1 is 1.30 bits per heavy atom. The van der Waals surface area contributed by atoms with Crippen LogP contribution in [0.5, 0.6) is 0 Å². The van der Waals surface area contributed by atoms with E-state index in [9.17, 15) is 14.7 Å². The zero-order valence-corrected chi connectivity index (χ0v) is 11.8. The molecule has 1 aliphatic rings. The Bertz CT molecular complexity index is 500. The van der Waals surface area contributed by atoms with Gasteiger partial charge >= 0.3 is 6.09 Å². The van der Waals surface area contributed by atoms with E-state index < -0.39 is 36.2 Å². The van der Waals surface area contributed by atoms with Gasteiger partial charge < -0.3 is 9.84 Å². The first-order chi connectivity index (χ1) is 9.43. The number of carbonyl (C=O) groups excluding carboxylic acids is 2. The van der Waals surface area contributed by atoms with Gasteiger partial charge in [0.1, 0.15) is 6.10 Å². The van der Waals surface area contributed by atoms with Crippen molar-refractivity contribution in [1.29, 1.82) is 0 Å². The Balaban J connectivity index is 2.21. The van der Waals surface area contributed by atoms with Crippen LogP contribution in [0.25, 0.3) is 0 Å². The van der Waals surface area contributed by atoms with Gasteiger partial charge in [0.25, 0.3) is 0 Å². The van der Waals surface area contributed by atoms with Crippen LogP contribution in [0.2, 0.25) is 0 Å². The third-order valence-corrected chi connectivity index (χ3v) is 3.75. The van der Waals surface area contributed by atoms with Gasteiger partial charge in [0.2, 0.25) is 5.91 Å². The first kappa shape index (κ1) is 14.5. The van der Waals surface area contributed by atoms with Crippen molar-refractivity contribution in [3.05, 3.63) is 35.9 Å². The topological polar surface area (TPSA) is 66.8 Å². The minimum absolute atomic E-state index is 0.390. The van der Waals surface area contributed by atoms with Crippen molar-refractivity contribution in [1.82, 2.24) is 4.90 Å². The number of ether oxygens (including phenoxy) is 1. The lowest BCUT2D eigenvalue weighted by Crippen LogP contribution is -2.43. The largest absolute Gasteiger partial charge is 0.439 e. The molecule has 1 heterocycles. The molecule has 0 unspecified atom stereocenters. The summed E-state index contributed by atoms with van der Waals surface area (Å²) in [4.78, 5) is 25.3. The molecule has 1 fully saturated rings. The fourth-order valence-electron chi connectivity index (χ4n) is 2.27. The van der Waals surface area contributed by atoms with Crippen molar-refractivity contribution in [3.63, 3.8) is 0 Å². The number of carbonyl (C=O) groups is 2. The van der Waals surface area contributed by atoms with Crippen molar-refractivity contribution >= 4 is 12.0 Å². The second kappa shape index (κ2) is 5.63. The van der Waals surface area contributed by atoms with Crippen molar-refractivity contribution < 1.29 is 19.4 Å². The predicted molar refractivity (Wildman–Crippen MR) is 72.8 cm³/mol. The Morgan fingerprint density at radius 2 is 1.90 bits per heavy atom. The molecule has 20 heavy (non-hydrogen) atoms. The van der Waals surface area contributed by atoms with Crippen LogP contribution in [0.4, 0.5) is 4.79 Å². The van der Waals surface area contributed by atoms with Crippen molar-refractivity contribution in [2.24, 2.45) is 5.92 Å². The highest BCUT2D eigenvalue weighted by atomic mass is 16.6. The molecule has 108 valence electrons. The lowest BCUT2D eigenvalue weighted by atomic mass is 10.0. The number of hydrogen-bond acceptors (Lipinski definition) is 4. The van der Waals surface area contributed by atoms with Gasteiger partial charge in [-0.3, -0.25) is 4.79 Å². The highest BCUT2D eigenvalue weighted by Crippen LogP contribution is 2.33. The molecule has 0 spiro atoms. The molecule has 2 amide bonds. The predicted octanol–water partition coefficient (Wildman–Crippen LogP) is 2.11. The van der Waals surface area contributed by atoms with Crippen LogP contribution in [-0.2, 0) is 9.53 Å². The minimum Gasteiger partial charge on any atom is -0.439 e. The van der Waals surface area contributed by atoms with Gasteiger partial charge in [0, 0.05) is 0 Å². The Morgan fingerprint density at radius 3 is 2.45 bits per heavy atom. The molecule has 0 radical (unpaired) electrons. The number of amides is 2. The van der Waals surface area contributed by atoms with Crippen LogP contribution in [0.15, 0.2) is 30.3 Å². The zero-order valence-electron chi connectivity index (χ0n) is 11.8. The van der Waals surface area contributed by atoms with Gasteiger partial charge in [-0.05, 0) is 19.4 Å². The molecule has 0 aromatic heterocycles. The molecule has 0 saturated carbocycles. The fourth-order valence-corrected chi connectivity index (χ4v) is 2.27. The van der Waals surface area contributed by atoms with Crippen LogP contribution < -0.4 is 0 Å². The summed E-state index contributed by atoms with van der Waals surface area (Å²) in [6.07, 6.45) is -1.92. The normalized spacial score (nSPS) is 25.2. The summed E-state index contributed by atoms with van der Waals surface area (Å²) < 4.78 is 5.31. The van der Waals surface area contributed by atoms with Crippen LogP contribution in [0.1, 0.15) is 32.4 Å². The van der Waals surface area contributed by atoms with E-state index in [0.29, 0.717) is 0 Å². The lowest BCUT2D eigenvalue weighted by molar-refractivity contribution is -0.135. The number of aliphatic hydroxyl groups is 1. The van der Waals surface area contributed by atoms with E-state index in [1.165, 1.54) is 6.92 Å². The average Bonchev–Trinajstić information content (AvgIpc) is 2.73. The highest BCUT2D eigenvalue weighted by Gasteiger charge is 2.44. The molecule has 5 heteroatoms. The van der Waals surface area contributed by atoms with Gasteiger partial charge in [-0.25, -0.2) is 9.69 Å². The minimum atomic E-state index is -0.807. The quantitative estimate of drug-likeness (QED) is 0.919. The zero-order chi connectivity index (χ0) is 14.9. The molecule has 2 rings (SSSR count). The number of cyclic esters (lactones) is 1. The summed E-state index contributed by atoms with van der Waals surface area (Å²) in [5.74, 6) is -1.05. The maximum atomic E-state index is 12.2. The van der Waals surface area contributed by atoms with Crippen molar-refractivity contribution in [2.75, 3.05) is 0 Å².